The summed E-state index contributed by atoms with van der Waals surface area (Å²) in [6, 6.07) is 9.99. The Kier molecular flexibility index (Phi) is 4.00. The monoisotopic (exact) mass is 257 g/mol. The Morgan fingerprint density at radius 2 is 1.74 bits per heavy atom. The molecule has 1 heterocycles. The van der Waals surface area contributed by atoms with Gasteiger partial charge < -0.3 is 10.1 Å². The molecule has 0 radical (unpaired) electrons. The average Bonchev–Trinajstić information content (AvgIpc) is 2.37. The maximum atomic E-state index is 5.37. The Bertz CT molecular complexity index is 549. The standard InChI is InChI=1S/C15H19N3O/c1-10-9-11(2)17-15(16-10)18-12(3)13-7-5-6-8-14(13)19-4/h5-9,12H,1-4H3,(H,16,17,18). The molecule has 0 aliphatic heterocycles. The average molecular weight is 257 g/mol. The number of methoxy groups -OCH3 is 1. The number of nitrogens with zero attached hydrogens (tertiary/aromatic N) is 2. The van der Waals surface area contributed by atoms with Crippen molar-refractivity contribution in [3.63, 3.8) is 0 Å². The SMILES string of the molecule is COc1ccccc1C(C)Nc1nc(C)cc(C)n1. The van der Waals surface area contributed by atoms with Gasteiger partial charge in [-0.2, -0.15) is 0 Å². The van der Waals surface area contributed by atoms with Crippen molar-refractivity contribution < 1.29 is 4.74 Å². The number of rotatable bonds is 4. The number of aromatic nitrogens is 2. The van der Waals surface area contributed by atoms with Crippen LogP contribution in [0.4, 0.5) is 5.95 Å². The number of para-hydroxylation sites is 1. The van der Waals surface area contributed by atoms with E-state index in [2.05, 4.69) is 22.2 Å². The second kappa shape index (κ2) is 5.69. The molecule has 1 atom stereocenters. The summed E-state index contributed by atoms with van der Waals surface area (Å²) in [4.78, 5) is 8.78. The van der Waals surface area contributed by atoms with Gasteiger partial charge >= 0.3 is 0 Å². The zero-order valence-electron chi connectivity index (χ0n) is 11.8. The van der Waals surface area contributed by atoms with Crippen molar-refractivity contribution in [2.45, 2.75) is 26.8 Å². The highest BCUT2D eigenvalue weighted by atomic mass is 16.5. The third-order valence-corrected chi connectivity index (χ3v) is 2.93. The van der Waals surface area contributed by atoms with Gasteiger partial charge in [0.05, 0.1) is 13.2 Å². The van der Waals surface area contributed by atoms with Crippen LogP contribution in [0.3, 0.4) is 0 Å². The Morgan fingerprint density at radius 1 is 1.11 bits per heavy atom. The quantitative estimate of drug-likeness (QED) is 0.913. The van der Waals surface area contributed by atoms with E-state index in [1.807, 2.05) is 44.2 Å². The molecule has 0 saturated heterocycles. The van der Waals surface area contributed by atoms with Crippen LogP contribution in [-0.2, 0) is 0 Å². The van der Waals surface area contributed by atoms with E-state index in [-0.39, 0.29) is 6.04 Å². The van der Waals surface area contributed by atoms with Gasteiger partial charge in [-0.25, -0.2) is 9.97 Å². The first-order chi connectivity index (χ1) is 9.10. The summed E-state index contributed by atoms with van der Waals surface area (Å²) >= 11 is 0. The zero-order chi connectivity index (χ0) is 13.8. The molecule has 0 fully saturated rings. The summed E-state index contributed by atoms with van der Waals surface area (Å²) in [6.45, 7) is 6.00. The largest absolute Gasteiger partial charge is 0.496 e. The number of hydrogen-bond donors (Lipinski definition) is 1. The molecule has 0 aliphatic carbocycles. The van der Waals surface area contributed by atoms with Gasteiger partial charge in [-0.15, -0.1) is 0 Å². The summed E-state index contributed by atoms with van der Waals surface area (Å²) in [5, 5.41) is 3.31. The van der Waals surface area contributed by atoms with Gasteiger partial charge in [-0.3, -0.25) is 0 Å². The van der Waals surface area contributed by atoms with Gasteiger partial charge in [-0.05, 0) is 32.9 Å². The molecule has 2 rings (SSSR count). The minimum absolute atomic E-state index is 0.0809. The van der Waals surface area contributed by atoms with E-state index in [9.17, 15) is 0 Å². The Hall–Kier alpha value is -2.10. The predicted molar refractivity (Wildman–Crippen MR) is 76.5 cm³/mol. The number of ether oxygens (including phenoxy) is 1. The topological polar surface area (TPSA) is 47.0 Å². The van der Waals surface area contributed by atoms with Crippen molar-refractivity contribution in [1.29, 1.82) is 0 Å². The second-order valence-electron chi connectivity index (χ2n) is 4.58. The highest BCUT2D eigenvalue weighted by Crippen LogP contribution is 2.26. The van der Waals surface area contributed by atoms with E-state index in [0.29, 0.717) is 5.95 Å². The van der Waals surface area contributed by atoms with Gasteiger partial charge in [-0.1, -0.05) is 18.2 Å². The van der Waals surface area contributed by atoms with Gasteiger partial charge in [0.2, 0.25) is 5.95 Å². The van der Waals surface area contributed by atoms with Crippen LogP contribution in [0.5, 0.6) is 5.75 Å². The molecule has 100 valence electrons. The van der Waals surface area contributed by atoms with Crippen LogP contribution < -0.4 is 10.1 Å². The van der Waals surface area contributed by atoms with Gasteiger partial charge in [0.15, 0.2) is 0 Å². The third-order valence-electron chi connectivity index (χ3n) is 2.93. The Morgan fingerprint density at radius 3 is 2.37 bits per heavy atom. The fraction of sp³-hybridized carbons (Fsp3) is 0.333. The Balaban J connectivity index is 2.22. The molecule has 4 heteroatoms. The summed E-state index contributed by atoms with van der Waals surface area (Å²) < 4.78 is 5.37. The van der Waals surface area contributed by atoms with Crippen LogP contribution >= 0.6 is 0 Å². The van der Waals surface area contributed by atoms with Crippen molar-refractivity contribution in [3.05, 3.63) is 47.3 Å². The first-order valence-electron chi connectivity index (χ1n) is 6.32. The van der Waals surface area contributed by atoms with E-state index in [0.717, 1.165) is 22.7 Å². The van der Waals surface area contributed by atoms with Crippen LogP contribution in [0.25, 0.3) is 0 Å². The van der Waals surface area contributed by atoms with E-state index in [1.54, 1.807) is 7.11 Å². The van der Waals surface area contributed by atoms with Gasteiger partial charge in [0, 0.05) is 17.0 Å². The minimum Gasteiger partial charge on any atom is -0.496 e. The highest BCUT2D eigenvalue weighted by Gasteiger charge is 2.12. The number of benzene rings is 1. The van der Waals surface area contributed by atoms with Crippen LogP contribution in [0.1, 0.15) is 29.9 Å². The van der Waals surface area contributed by atoms with Gasteiger partial charge in [0.1, 0.15) is 5.75 Å². The maximum Gasteiger partial charge on any atom is 0.223 e. The summed E-state index contributed by atoms with van der Waals surface area (Å²) in [7, 11) is 1.68. The summed E-state index contributed by atoms with van der Waals surface area (Å²) in [5.41, 5.74) is 3.01. The molecule has 0 amide bonds. The maximum absolute atomic E-state index is 5.37. The van der Waals surface area contributed by atoms with E-state index in [4.69, 9.17) is 4.74 Å². The lowest BCUT2D eigenvalue weighted by molar-refractivity contribution is 0.408. The van der Waals surface area contributed by atoms with Crippen molar-refractivity contribution in [2.75, 3.05) is 12.4 Å². The first kappa shape index (κ1) is 13.3. The lowest BCUT2D eigenvalue weighted by Crippen LogP contribution is -2.11. The summed E-state index contributed by atoms with van der Waals surface area (Å²) in [6.07, 6.45) is 0. The smallest absolute Gasteiger partial charge is 0.223 e. The van der Waals surface area contributed by atoms with Crippen LogP contribution in [-0.4, -0.2) is 17.1 Å². The molecule has 0 aliphatic rings. The Labute approximate surface area is 113 Å². The van der Waals surface area contributed by atoms with E-state index < -0.39 is 0 Å². The first-order valence-corrected chi connectivity index (χ1v) is 6.32. The normalized spacial score (nSPS) is 12.0. The molecular formula is C15H19N3O. The molecule has 1 aromatic heterocycles. The predicted octanol–water partition coefficient (Wildman–Crippen LogP) is 3.28. The van der Waals surface area contributed by atoms with E-state index in [1.165, 1.54) is 0 Å². The molecule has 1 aromatic carbocycles. The summed E-state index contributed by atoms with van der Waals surface area (Å²) in [5.74, 6) is 1.52. The molecule has 19 heavy (non-hydrogen) atoms. The number of hydrogen-bond acceptors (Lipinski definition) is 4. The number of anilines is 1. The number of aryl methyl sites for hydroxylation is 2. The van der Waals surface area contributed by atoms with Gasteiger partial charge in [0.25, 0.3) is 0 Å². The second-order valence-corrected chi connectivity index (χ2v) is 4.58. The van der Waals surface area contributed by atoms with Crippen molar-refractivity contribution in [3.8, 4) is 5.75 Å². The molecule has 1 unspecified atom stereocenters. The van der Waals surface area contributed by atoms with Crippen molar-refractivity contribution in [1.82, 2.24) is 9.97 Å². The zero-order valence-corrected chi connectivity index (χ0v) is 11.8. The molecule has 0 saturated carbocycles. The van der Waals surface area contributed by atoms with Crippen molar-refractivity contribution >= 4 is 5.95 Å². The van der Waals surface area contributed by atoms with Crippen LogP contribution in [0.2, 0.25) is 0 Å². The fourth-order valence-corrected chi connectivity index (χ4v) is 2.09. The lowest BCUT2D eigenvalue weighted by Gasteiger charge is -2.17. The van der Waals surface area contributed by atoms with E-state index >= 15 is 0 Å². The highest BCUT2D eigenvalue weighted by molar-refractivity contribution is 5.40. The van der Waals surface area contributed by atoms with Crippen LogP contribution in [0, 0.1) is 13.8 Å². The molecule has 4 nitrogen and oxygen atoms in total. The molecule has 0 bridgehead atoms. The molecule has 1 N–H and O–H groups in total. The third kappa shape index (κ3) is 3.22. The number of nitrogens with one attached hydrogen (secondary N) is 1. The fourth-order valence-electron chi connectivity index (χ4n) is 2.09. The van der Waals surface area contributed by atoms with Crippen LogP contribution in [0.15, 0.2) is 30.3 Å². The lowest BCUT2D eigenvalue weighted by atomic mass is 10.1. The van der Waals surface area contributed by atoms with Crippen molar-refractivity contribution in [2.24, 2.45) is 0 Å². The molecule has 0 spiro atoms. The molecular weight excluding hydrogens is 238 g/mol. The molecule has 2 aromatic rings. The minimum atomic E-state index is 0.0809.